The highest BCUT2D eigenvalue weighted by molar-refractivity contribution is 7.16. The smallest absolute Gasteiger partial charge is 0.256 e. The van der Waals surface area contributed by atoms with Crippen LogP contribution in [0.4, 0.5) is 5.00 Å². The second kappa shape index (κ2) is 4.84. The van der Waals surface area contributed by atoms with E-state index in [2.05, 4.69) is 22.5 Å². The molecule has 0 saturated carbocycles. The molecule has 4 nitrogen and oxygen atoms in total. The Balaban J connectivity index is 1.71. The average Bonchev–Trinajstić information content (AvgIpc) is 2.85. The Bertz CT molecular complexity index is 695. The molecule has 1 amide bonds. The lowest BCUT2D eigenvalue weighted by Gasteiger charge is -2.26. The first-order valence-corrected chi connectivity index (χ1v) is 8.17. The van der Waals surface area contributed by atoms with E-state index in [1.165, 1.54) is 16.9 Å². The van der Waals surface area contributed by atoms with Gasteiger partial charge in [0.25, 0.3) is 5.91 Å². The SMILES string of the molecule is CC1CCc2c(sc3c2C(=O)NC(c2ccccn2)N3)C1. The molecule has 0 fully saturated rings. The lowest BCUT2D eigenvalue weighted by Crippen LogP contribution is -2.38. The van der Waals surface area contributed by atoms with Gasteiger partial charge >= 0.3 is 0 Å². The molecule has 2 N–H and O–H groups in total. The van der Waals surface area contributed by atoms with Gasteiger partial charge in [-0.1, -0.05) is 13.0 Å². The summed E-state index contributed by atoms with van der Waals surface area (Å²) in [6.45, 7) is 2.28. The van der Waals surface area contributed by atoms with Gasteiger partial charge in [-0.15, -0.1) is 11.3 Å². The molecule has 1 aliphatic heterocycles. The van der Waals surface area contributed by atoms with Crippen molar-refractivity contribution in [2.75, 3.05) is 5.32 Å². The highest BCUT2D eigenvalue weighted by atomic mass is 32.1. The average molecular weight is 299 g/mol. The molecule has 5 heteroatoms. The van der Waals surface area contributed by atoms with Gasteiger partial charge in [0, 0.05) is 11.1 Å². The molecule has 0 radical (unpaired) electrons. The summed E-state index contributed by atoms with van der Waals surface area (Å²) in [5.74, 6) is 0.749. The van der Waals surface area contributed by atoms with Gasteiger partial charge in [0.2, 0.25) is 0 Å². The summed E-state index contributed by atoms with van der Waals surface area (Å²) in [4.78, 5) is 18.2. The Morgan fingerprint density at radius 2 is 2.24 bits per heavy atom. The third-order valence-electron chi connectivity index (χ3n) is 4.27. The van der Waals surface area contributed by atoms with Crippen molar-refractivity contribution in [2.24, 2.45) is 5.92 Å². The Hall–Kier alpha value is -1.88. The van der Waals surface area contributed by atoms with Crippen molar-refractivity contribution in [3.8, 4) is 0 Å². The lowest BCUT2D eigenvalue weighted by atomic mass is 9.88. The minimum Gasteiger partial charge on any atom is -0.351 e. The Morgan fingerprint density at radius 3 is 3.05 bits per heavy atom. The first kappa shape index (κ1) is 12.8. The van der Waals surface area contributed by atoms with Crippen LogP contribution in [-0.2, 0) is 12.8 Å². The van der Waals surface area contributed by atoms with Crippen LogP contribution in [0.25, 0.3) is 0 Å². The number of hydrogen-bond acceptors (Lipinski definition) is 4. The number of carbonyl (C=O) groups is 1. The summed E-state index contributed by atoms with van der Waals surface area (Å²) in [7, 11) is 0. The summed E-state index contributed by atoms with van der Waals surface area (Å²) in [6.07, 6.45) is 4.80. The molecule has 1 aliphatic carbocycles. The quantitative estimate of drug-likeness (QED) is 0.850. The number of pyridine rings is 1. The highest BCUT2D eigenvalue weighted by Crippen LogP contribution is 2.42. The molecule has 2 aliphatic rings. The molecule has 0 spiro atoms. The van der Waals surface area contributed by atoms with E-state index in [0.29, 0.717) is 5.92 Å². The predicted octanol–water partition coefficient (Wildman–Crippen LogP) is 3.12. The van der Waals surface area contributed by atoms with Crippen molar-refractivity contribution < 1.29 is 4.79 Å². The minimum atomic E-state index is -0.233. The third kappa shape index (κ3) is 2.12. The summed E-state index contributed by atoms with van der Waals surface area (Å²) < 4.78 is 0. The van der Waals surface area contributed by atoms with Gasteiger partial charge in [-0.3, -0.25) is 9.78 Å². The van der Waals surface area contributed by atoms with E-state index in [9.17, 15) is 4.79 Å². The molecule has 0 bridgehead atoms. The number of rotatable bonds is 1. The summed E-state index contributed by atoms with van der Waals surface area (Å²) in [6, 6.07) is 5.75. The van der Waals surface area contributed by atoms with Crippen molar-refractivity contribution in [1.82, 2.24) is 10.3 Å². The molecule has 3 heterocycles. The fourth-order valence-electron chi connectivity index (χ4n) is 3.16. The molecule has 0 aromatic carbocycles. The van der Waals surface area contributed by atoms with Crippen LogP contribution in [0.3, 0.4) is 0 Å². The van der Waals surface area contributed by atoms with Gasteiger partial charge in [0.05, 0.1) is 11.3 Å². The van der Waals surface area contributed by atoms with Crippen LogP contribution in [-0.4, -0.2) is 10.9 Å². The molecule has 4 rings (SSSR count). The van der Waals surface area contributed by atoms with E-state index in [0.717, 1.165) is 29.1 Å². The van der Waals surface area contributed by atoms with Crippen LogP contribution in [0.1, 0.15) is 46.0 Å². The zero-order valence-electron chi connectivity index (χ0n) is 11.8. The molecular formula is C16H17N3OS. The van der Waals surface area contributed by atoms with Crippen molar-refractivity contribution in [3.63, 3.8) is 0 Å². The highest BCUT2D eigenvalue weighted by Gasteiger charge is 2.33. The maximum Gasteiger partial charge on any atom is 0.256 e. The molecular weight excluding hydrogens is 282 g/mol. The van der Waals surface area contributed by atoms with E-state index >= 15 is 0 Å². The van der Waals surface area contributed by atoms with Gasteiger partial charge in [-0.05, 0) is 42.9 Å². The fraction of sp³-hybridized carbons (Fsp3) is 0.375. The molecule has 2 aromatic heterocycles. The monoisotopic (exact) mass is 299 g/mol. The minimum absolute atomic E-state index is 0.0338. The second-order valence-electron chi connectivity index (χ2n) is 5.86. The van der Waals surface area contributed by atoms with E-state index in [4.69, 9.17) is 0 Å². The maximum absolute atomic E-state index is 12.5. The van der Waals surface area contributed by atoms with Gasteiger partial charge in [0.1, 0.15) is 11.2 Å². The maximum atomic E-state index is 12.5. The van der Waals surface area contributed by atoms with E-state index in [1.807, 2.05) is 18.2 Å². The van der Waals surface area contributed by atoms with Gasteiger partial charge < -0.3 is 10.6 Å². The molecule has 108 valence electrons. The Kier molecular flexibility index (Phi) is 2.96. The van der Waals surface area contributed by atoms with Crippen molar-refractivity contribution in [3.05, 3.63) is 46.1 Å². The standard InChI is InChI=1S/C16H17N3OS/c1-9-5-6-10-12(8-9)21-16-13(10)15(20)18-14(19-16)11-4-2-3-7-17-11/h2-4,7,9,14,19H,5-6,8H2,1H3,(H,18,20). The van der Waals surface area contributed by atoms with Crippen LogP contribution in [0, 0.1) is 5.92 Å². The van der Waals surface area contributed by atoms with E-state index in [-0.39, 0.29) is 12.1 Å². The van der Waals surface area contributed by atoms with Gasteiger partial charge in [0.15, 0.2) is 0 Å². The first-order valence-electron chi connectivity index (χ1n) is 7.35. The normalized spacial score (nSPS) is 23.8. The van der Waals surface area contributed by atoms with E-state index in [1.54, 1.807) is 17.5 Å². The number of anilines is 1. The number of thiophene rings is 1. The van der Waals surface area contributed by atoms with Crippen LogP contribution in [0.15, 0.2) is 24.4 Å². The first-order chi connectivity index (χ1) is 10.2. The van der Waals surface area contributed by atoms with Crippen molar-refractivity contribution in [1.29, 1.82) is 0 Å². The fourth-order valence-corrected chi connectivity index (χ4v) is 4.59. The molecule has 2 atom stereocenters. The van der Waals surface area contributed by atoms with Crippen molar-refractivity contribution >= 4 is 22.2 Å². The molecule has 2 unspecified atom stereocenters. The van der Waals surface area contributed by atoms with Crippen LogP contribution in [0.2, 0.25) is 0 Å². The third-order valence-corrected chi connectivity index (χ3v) is 5.46. The van der Waals surface area contributed by atoms with E-state index < -0.39 is 0 Å². The van der Waals surface area contributed by atoms with Crippen molar-refractivity contribution in [2.45, 2.75) is 32.4 Å². The summed E-state index contributed by atoms with van der Waals surface area (Å²) >= 11 is 1.74. The number of nitrogens with one attached hydrogen (secondary N) is 2. The topological polar surface area (TPSA) is 54.0 Å². The van der Waals surface area contributed by atoms with Crippen LogP contribution in [0.5, 0.6) is 0 Å². The number of nitrogens with zero attached hydrogens (tertiary/aromatic N) is 1. The van der Waals surface area contributed by atoms with Gasteiger partial charge in [-0.2, -0.15) is 0 Å². The predicted molar refractivity (Wildman–Crippen MR) is 83.6 cm³/mol. The van der Waals surface area contributed by atoms with Crippen LogP contribution >= 0.6 is 11.3 Å². The number of aromatic nitrogens is 1. The zero-order valence-corrected chi connectivity index (χ0v) is 12.7. The summed E-state index contributed by atoms with van der Waals surface area (Å²) in [5, 5.41) is 7.48. The Labute approximate surface area is 127 Å². The molecule has 21 heavy (non-hydrogen) atoms. The summed E-state index contributed by atoms with van der Waals surface area (Å²) in [5.41, 5.74) is 2.97. The number of fused-ring (bicyclic) bond motifs is 3. The number of hydrogen-bond donors (Lipinski definition) is 2. The molecule has 2 aromatic rings. The van der Waals surface area contributed by atoms with Gasteiger partial charge in [-0.25, -0.2) is 0 Å². The molecule has 0 saturated heterocycles. The number of amides is 1. The lowest BCUT2D eigenvalue weighted by molar-refractivity contribution is 0.0934. The van der Waals surface area contributed by atoms with Crippen LogP contribution < -0.4 is 10.6 Å². The second-order valence-corrected chi connectivity index (χ2v) is 6.97. The zero-order chi connectivity index (χ0) is 14.4. The Morgan fingerprint density at radius 1 is 1.33 bits per heavy atom. The number of carbonyl (C=O) groups excluding carboxylic acids is 1. The largest absolute Gasteiger partial charge is 0.351 e.